The van der Waals surface area contributed by atoms with Gasteiger partial charge in [0.05, 0.1) is 18.4 Å². The number of nitrogens with zero attached hydrogens (tertiary/aromatic N) is 4. The Morgan fingerprint density at radius 1 is 1.59 bits per heavy atom. The molecule has 0 bridgehead atoms. The minimum atomic E-state index is 0.293. The molecule has 0 spiro atoms. The molecule has 2 aromatic rings. The van der Waals surface area contributed by atoms with Crippen molar-refractivity contribution in [3.8, 4) is 17.5 Å². The van der Waals surface area contributed by atoms with Gasteiger partial charge >= 0.3 is 0 Å². The third kappa shape index (κ3) is 2.49. The lowest BCUT2D eigenvalue weighted by Crippen LogP contribution is -1.99. The van der Waals surface area contributed by atoms with Crippen LogP contribution in [0.5, 0.6) is 0 Å². The summed E-state index contributed by atoms with van der Waals surface area (Å²) in [6.07, 6.45) is 2.06. The van der Waals surface area contributed by atoms with Gasteiger partial charge in [0.25, 0.3) is 5.89 Å². The van der Waals surface area contributed by atoms with E-state index >= 15 is 0 Å². The highest BCUT2D eigenvalue weighted by Crippen LogP contribution is 2.19. The average molecular weight is 233 g/mol. The molecule has 0 unspecified atom stereocenters. The van der Waals surface area contributed by atoms with E-state index in [-0.39, 0.29) is 0 Å². The van der Waals surface area contributed by atoms with E-state index in [4.69, 9.17) is 14.5 Å². The SMILES string of the molecule is CCOCCc1noc(-c2cn[nH]c2C#N)n1. The molecule has 2 heterocycles. The first-order valence-electron chi connectivity index (χ1n) is 5.19. The first-order valence-corrected chi connectivity index (χ1v) is 5.19. The van der Waals surface area contributed by atoms with Crippen molar-refractivity contribution in [2.75, 3.05) is 13.2 Å². The van der Waals surface area contributed by atoms with Gasteiger partial charge in [0, 0.05) is 13.0 Å². The smallest absolute Gasteiger partial charge is 0.262 e. The summed E-state index contributed by atoms with van der Waals surface area (Å²) in [7, 11) is 0. The van der Waals surface area contributed by atoms with Gasteiger partial charge in [-0.25, -0.2) is 0 Å². The summed E-state index contributed by atoms with van der Waals surface area (Å²) in [4.78, 5) is 4.16. The molecule has 7 nitrogen and oxygen atoms in total. The summed E-state index contributed by atoms with van der Waals surface area (Å²) in [6, 6.07) is 1.97. The molecule has 0 aromatic carbocycles. The summed E-state index contributed by atoms with van der Waals surface area (Å²) in [5.41, 5.74) is 0.827. The van der Waals surface area contributed by atoms with Crippen molar-refractivity contribution in [1.82, 2.24) is 20.3 Å². The van der Waals surface area contributed by atoms with Crippen LogP contribution in [0.2, 0.25) is 0 Å². The maximum Gasteiger partial charge on any atom is 0.262 e. The van der Waals surface area contributed by atoms with E-state index < -0.39 is 0 Å². The molecule has 0 amide bonds. The van der Waals surface area contributed by atoms with Crippen molar-refractivity contribution in [2.45, 2.75) is 13.3 Å². The Balaban J connectivity index is 2.11. The van der Waals surface area contributed by atoms with E-state index in [1.54, 1.807) is 0 Å². The van der Waals surface area contributed by atoms with Gasteiger partial charge in [0.1, 0.15) is 11.8 Å². The Morgan fingerprint density at radius 2 is 2.47 bits per heavy atom. The van der Waals surface area contributed by atoms with Gasteiger partial charge in [0.2, 0.25) is 0 Å². The molecular formula is C10H11N5O2. The second kappa shape index (κ2) is 5.23. The monoisotopic (exact) mass is 233 g/mol. The molecule has 7 heteroatoms. The van der Waals surface area contributed by atoms with E-state index in [1.807, 2.05) is 13.0 Å². The maximum absolute atomic E-state index is 8.82. The fourth-order valence-electron chi connectivity index (χ4n) is 1.31. The summed E-state index contributed by atoms with van der Waals surface area (Å²) in [5.74, 6) is 0.848. The predicted molar refractivity (Wildman–Crippen MR) is 56.8 cm³/mol. The molecule has 0 aliphatic heterocycles. The van der Waals surface area contributed by atoms with Crippen molar-refractivity contribution in [3.63, 3.8) is 0 Å². The molecule has 1 N–H and O–H groups in total. The number of nitrogens with one attached hydrogen (secondary N) is 1. The molecule has 2 rings (SSSR count). The van der Waals surface area contributed by atoms with Gasteiger partial charge in [-0.2, -0.15) is 15.3 Å². The average Bonchev–Trinajstić information content (AvgIpc) is 2.96. The van der Waals surface area contributed by atoms with E-state index in [1.165, 1.54) is 6.20 Å². The van der Waals surface area contributed by atoms with Gasteiger partial charge in [-0.15, -0.1) is 0 Å². The molecule has 0 aliphatic rings. The molecule has 0 fully saturated rings. The molecule has 0 aliphatic carbocycles. The predicted octanol–water partition coefficient (Wildman–Crippen LogP) is 0.910. The van der Waals surface area contributed by atoms with Crippen LogP contribution in [-0.2, 0) is 11.2 Å². The second-order valence-electron chi connectivity index (χ2n) is 3.23. The number of ether oxygens (including phenoxy) is 1. The lowest BCUT2D eigenvalue weighted by molar-refractivity contribution is 0.149. The fourth-order valence-corrected chi connectivity index (χ4v) is 1.31. The van der Waals surface area contributed by atoms with Crippen molar-refractivity contribution in [1.29, 1.82) is 5.26 Å². The van der Waals surface area contributed by atoms with Crippen LogP contribution in [0.15, 0.2) is 10.7 Å². The molecule has 0 radical (unpaired) electrons. The number of rotatable bonds is 5. The molecule has 0 saturated heterocycles. The molecule has 0 saturated carbocycles. The fraction of sp³-hybridized carbons (Fsp3) is 0.400. The van der Waals surface area contributed by atoms with E-state index in [0.717, 1.165) is 0 Å². The number of nitriles is 1. The number of hydrogen-bond donors (Lipinski definition) is 1. The summed E-state index contributed by atoms with van der Waals surface area (Å²) < 4.78 is 10.2. The van der Waals surface area contributed by atoms with Crippen molar-refractivity contribution < 1.29 is 9.26 Å². The minimum absolute atomic E-state index is 0.293. The Labute approximate surface area is 97.4 Å². The van der Waals surface area contributed by atoms with Gasteiger partial charge < -0.3 is 9.26 Å². The lowest BCUT2D eigenvalue weighted by Gasteiger charge is -1.94. The molecule has 2 aromatic heterocycles. The van der Waals surface area contributed by atoms with Crippen LogP contribution < -0.4 is 0 Å². The van der Waals surface area contributed by atoms with Gasteiger partial charge in [0.15, 0.2) is 5.82 Å². The normalized spacial score (nSPS) is 10.4. The summed E-state index contributed by atoms with van der Waals surface area (Å²) in [5, 5.41) is 18.9. The largest absolute Gasteiger partial charge is 0.381 e. The highest BCUT2D eigenvalue weighted by atomic mass is 16.5. The first-order chi connectivity index (χ1) is 8.35. The van der Waals surface area contributed by atoms with E-state index in [0.29, 0.717) is 42.6 Å². The van der Waals surface area contributed by atoms with Crippen LogP contribution >= 0.6 is 0 Å². The van der Waals surface area contributed by atoms with Crippen LogP contribution in [0.4, 0.5) is 0 Å². The van der Waals surface area contributed by atoms with Crippen molar-refractivity contribution in [3.05, 3.63) is 17.7 Å². The van der Waals surface area contributed by atoms with E-state index in [2.05, 4.69) is 20.3 Å². The first kappa shape index (κ1) is 11.3. The summed E-state index contributed by atoms with van der Waals surface area (Å²) in [6.45, 7) is 3.13. The van der Waals surface area contributed by atoms with Crippen molar-refractivity contribution >= 4 is 0 Å². The molecular weight excluding hydrogens is 222 g/mol. The zero-order valence-corrected chi connectivity index (χ0v) is 9.30. The van der Waals surface area contributed by atoms with Crippen LogP contribution in [0.3, 0.4) is 0 Å². The van der Waals surface area contributed by atoms with Crippen molar-refractivity contribution in [2.24, 2.45) is 0 Å². The quantitative estimate of drug-likeness (QED) is 0.770. The highest BCUT2D eigenvalue weighted by molar-refractivity contribution is 5.58. The Morgan fingerprint density at radius 3 is 3.24 bits per heavy atom. The molecule has 17 heavy (non-hydrogen) atoms. The second-order valence-corrected chi connectivity index (χ2v) is 3.23. The zero-order valence-electron chi connectivity index (χ0n) is 9.30. The van der Waals surface area contributed by atoms with Gasteiger partial charge in [-0.05, 0) is 6.92 Å². The van der Waals surface area contributed by atoms with Gasteiger partial charge in [-0.3, -0.25) is 5.10 Å². The standard InChI is InChI=1S/C10H11N5O2/c1-2-16-4-3-9-13-10(17-15-9)7-6-12-14-8(7)5-11/h6H,2-4H2,1H3,(H,12,14). The van der Waals surface area contributed by atoms with Crippen LogP contribution in [-0.4, -0.2) is 33.6 Å². The molecule has 88 valence electrons. The number of aromatic nitrogens is 4. The maximum atomic E-state index is 8.82. The number of aromatic amines is 1. The van der Waals surface area contributed by atoms with Crippen LogP contribution in [0, 0.1) is 11.3 Å². The third-order valence-electron chi connectivity index (χ3n) is 2.12. The summed E-state index contributed by atoms with van der Waals surface area (Å²) >= 11 is 0. The molecule has 0 atom stereocenters. The topological polar surface area (TPSA) is 101 Å². The van der Waals surface area contributed by atoms with Crippen LogP contribution in [0.25, 0.3) is 11.5 Å². The Hall–Kier alpha value is -2.20. The Kier molecular flexibility index (Phi) is 3.47. The number of H-pyrrole nitrogens is 1. The highest BCUT2D eigenvalue weighted by Gasteiger charge is 2.14. The van der Waals surface area contributed by atoms with Crippen LogP contribution in [0.1, 0.15) is 18.4 Å². The van der Waals surface area contributed by atoms with E-state index in [9.17, 15) is 0 Å². The van der Waals surface area contributed by atoms with Gasteiger partial charge in [-0.1, -0.05) is 5.16 Å². The zero-order chi connectivity index (χ0) is 12.1. The lowest BCUT2D eigenvalue weighted by atomic mass is 10.2. The third-order valence-corrected chi connectivity index (χ3v) is 2.12. The minimum Gasteiger partial charge on any atom is -0.381 e. The number of hydrogen-bond acceptors (Lipinski definition) is 6. The Bertz CT molecular complexity index is 525.